The molecule has 2 fully saturated rings. The van der Waals surface area contributed by atoms with Crippen molar-refractivity contribution in [2.45, 2.75) is 43.8 Å². The zero-order chi connectivity index (χ0) is 19.3. The van der Waals surface area contributed by atoms with Gasteiger partial charge in [-0.3, -0.25) is 9.78 Å². The van der Waals surface area contributed by atoms with Crippen LogP contribution in [0.25, 0.3) is 22.2 Å². The van der Waals surface area contributed by atoms with Crippen molar-refractivity contribution < 1.29 is 4.79 Å². The van der Waals surface area contributed by atoms with E-state index in [4.69, 9.17) is 0 Å². The first-order valence-electron chi connectivity index (χ1n) is 10.1. The predicted molar refractivity (Wildman–Crippen MR) is 111 cm³/mol. The summed E-state index contributed by atoms with van der Waals surface area (Å²) >= 11 is 0. The number of rotatable bonds is 3. The van der Waals surface area contributed by atoms with Crippen LogP contribution in [-0.2, 0) is 7.05 Å². The lowest BCUT2D eigenvalue weighted by molar-refractivity contribution is 0.0884. The Labute approximate surface area is 165 Å². The van der Waals surface area contributed by atoms with Crippen LogP contribution < -0.4 is 5.32 Å². The number of aromatic nitrogens is 2. The molecule has 5 nitrogen and oxygen atoms in total. The molecule has 2 aromatic heterocycles. The van der Waals surface area contributed by atoms with Crippen LogP contribution in [0.15, 0.2) is 48.8 Å². The van der Waals surface area contributed by atoms with Crippen LogP contribution >= 0.6 is 0 Å². The first kappa shape index (κ1) is 17.4. The first-order chi connectivity index (χ1) is 13.6. The van der Waals surface area contributed by atoms with Crippen LogP contribution in [0.1, 0.15) is 36.0 Å². The van der Waals surface area contributed by atoms with Gasteiger partial charge in [0, 0.05) is 54.0 Å². The number of nitrogens with zero attached hydrogens (tertiary/aromatic N) is 3. The molecule has 1 aromatic carbocycles. The van der Waals surface area contributed by atoms with Crippen molar-refractivity contribution in [3.63, 3.8) is 0 Å². The zero-order valence-corrected chi connectivity index (χ0v) is 16.4. The molecule has 2 saturated heterocycles. The average molecular weight is 374 g/mol. The molecule has 144 valence electrons. The summed E-state index contributed by atoms with van der Waals surface area (Å²) in [6.07, 6.45) is 8.17. The van der Waals surface area contributed by atoms with Gasteiger partial charge in [-0.05, 0) is 50.9 Å². The van der Waals surface area contributed by atoms with E-state index in [9.17, 15) is 4.79 Å². The molecule has 28 heavy (non-hydrogen) atoms. The molecule has 0 radical (unpaired) electrons. The van der Waals surface area contributed by atoms with E-state index < -0.39 is 0 Å². The quantitative estimate of drug-likeness (QED) is 0.762. The van der Waals surface area contributed by atoms with Crippen molar-refractivity contribution in [2.75, 3.05) is 7.05 Å². The fourth-order valence-electron chi connectivity index (χ4n) is 5.26. The monoisotopic (exact) mass is 374 g/mol. The molecular formula is C23H26N4O. The van der Waals surface area contributed by atoms with Crippen LogP contribution in [-0.4, -0.2) is 45.5 Å². The standard InChI is InChI=1S/C23H26N4O/c1-26-17-7-8-18(26)14-16(13-17)25-23(28)21-19-5-3-4-6-20(19)27(2)22(21)15-9-11-24-12-10-15/h3-6,9-12,16-18H,7-8,13-14H2,1-2H3,(H,25,28). The van der Waals surface area contributed by atoms with Gasteiger partial charge in [0.1, 0.15) is 0 Å². The molecule has 0 aliphatic carbocycles. The van der Waals surface area contributed by atoms with Crippen LogP contribution in [0.4, 0.5) is 0 Å². The number of fused-ring (bicyclic) bond motifs is 3. The second-order valence-electron chi connectivity index (χ2n) is 8.23. The highest BCUT2D eigenvalue weighted by Gasteiger charge is 2.39. The third-order valence-corrected chi connectivity index (χ3v) is 6.72. The Hall–Kier alpha value is -2.66. The number of benzene rings is 1. The van der Waals surface area contributed by atoms with E-state index in [1.165, 1.54) is 12.8 Å². The van der Waals surface area contributed by atoms with Gasteiger partial charge in [0.05, 0.1) is 11.3 Å². The van der Waals surface area contributed by atoms with Crippen LogP contribution in [0.2, 0.25) is 0 Å². The Morgan fingerprint density at radius 2 is 1.71 bits per heavy atom. The maximum absolute atomic E-state index is 13.5. The van der Waals surface area contributed by atoms with Gasteiger partial charge in [-0.1, -0.05) is 18.2 Å². The topological polar surface area (TPSA) is 50.2 Å². The fourth-order valence-corrected chi connectivity index (χ4v) is 5.26. The number of carbonyl (C=O) groups is 1. The van der Waals surface area contributed by atoms with E-state index >= 15 is 0 Å². The van der Waals surface area contributed by atoms with Gasteiger partial charge in [0.2, 0.25) is 0 Å². The highest BCUT2D eigenvalue weighted by Crippen LogP contribution is 2.36. The third kappa shape index (κ3) is 2.73. The molecule has 5 rings (SSSR count). The van der Waals surface area contributed by atoms with E-state index in [0.717, 1.165) is 40.6 Å². The van der Waals surface area contributed by atoms with Crippen molar-refractivity contribution in [1.82, 2.24) is 19.8 Å². The molecular weight excluding hydrogens is 348 g/mol. The molecule has 2 atom stereocenters. The van der Waals surface area contributed by atoms with Gasteiger partial charge in [0.15, 0.2) is 0 Å². The smallest absolute Gasteiger partial charge is 0.254 e. The number of nitrogens with one attached hydrogen (secondary N) is 1. The number of para-hydroxylation sites is 1. The second kappa shape index (κ2) is 6.74. The second-order valence-corrected chi connectivity index (χ2v) is 8.23. The zero-order valence-electron chi connectivity index (χ0n) is 16.4. The summed E-state index contributed by atoms with van der Waals surface area (Å²) in [6, 6.07) is 13.6. The number of carbonyl (C=O) groups excluding carboxylic acids is 1. The third-order valence-electron chi connectivity index (χ3n) is 6.72. The summed E-state index contributed by atoms with van der Waals surface area (Å²) < 4.78 is 2.12. The Morgan fingerprint density at radius 1 is 1.04 bits per heavy atom. The van der Waals surface area contributed by atoms with Gasteiger partial charge in [-0.2, -0.15) is 0 Å². The first-order valence-corrected chi connectivity index (χ1v) is 10.1. The van der Waals surface area contributed by atoms with E-state index in [-0.39, 0.29) is 11.9 Å². The molecule has 4 heterocycles. The number of hydrogen-bond donors (Lipinski definition) is 1. The summed E-state index contributed by atoms with van der Waals surface area (Å²) in [4.78, 5) is 20.1. The van der Waals surface area contributed by atoms with Crippen LogP contribution in [0, 0.1) is 0 Å². The molecule has 0 spiro atoms. The summed E-state index contributed by atoms with van der Waals surface area (Å²) in [6.45, 7) is 0. The van der Waals surface area contributed by atoms with E-state index in [0.29, 0.717) is 12.1 Å². The lowest BCUT2D eigenvalue weighted by atomic mass is 9.97. The van der Waals surface area contributed by atoms with E-state index in [1.807, 2.05) is 37.4 Å². The van der Waals surface area contributed by atoms with Crippen molar-refractivity contribution >= 4 is 16.8 Å². The number of hydrogen-bond acceptors (Lipinski definition) is 3. The van der Waals surface area contributed by atoms with Gasteiger partial charge < -0.3 is 14.8 Å². The fraction of sp³-hybridized carbons (Fsp3) is 0.391. The van der Waals surface area contributed by atoms with Crippen molar-refractivity contribution in [1.29, 1.82) is 0 Å². The molecule has 2 unspecified atom stereocenters. The molecule has 2 aliphatic heterocycles. The minimum Gasteiger partial charge on any atom is -0.349 e. The molecule has 2 aliphatic rings. The molecule has 2 bridgehead atoms. The van der Waals surface area contributed by atoms with Gasteiger partial charge in [0.25, 0.3) is 5.91 Å². The predicted octanol–water partition coefficient (Wildman–Crippen LogP) is 3.60. The van der Waals surface area contributed by atoms with Gasteiger partial charge in [-0.25, -0.2) is 0 Å². The molecule has 1 amide bonds. The normalized spacial score (nSPS) is 24.6. The number of aryl methyl sites for hydroxylation is 1. The van der Waals surface area contributed by atoms with Crippen molar-refractivity contribution in [3.05, 3.63) is 54.4 Å². The molecule has 0 saturated carbocycles. The maximum Gasteiger partial charge on any atom is 0.254 e. The Morgan fingerprint density at radius 3 is 2.43 bits per heavy atom. The van der Waals surface area contributed by atoms with Crippen LogP contribution in [0.5, 0.6) is 0 Å². The lowest BCUT2D eigenvalue weighted by Crippen LogP contribution is -2.48. The highest BCUT2D eigenvalue weighted by atomic mass is 16.1. The van der Waals surface area contributed by atoms with E-state index in [1.54, 1.807) is 12.4 Å². The highest BCUT2D eigenvalue weighted by molar-refractivity contribution is 6.12. The largest absolute Gasteiger partial charge is 0.349 e. The Kier molecular flexibility index (Phi) is 4.20. The number of piperidine rings is 1. The summed E-state index contributed by atoms with van der Waals surface area (Å²) in [5.41, 5.74) is 3.82. The summed E-state index contributed by atoms with van der Waals surface area (Å²) in [7, 11) is 4.26. The summed E-state index contributed by atoms with van der Waals surface area (Å²) in [5, 5.41) is 4.38. The molecule has 1 N–H and O–H groups in total. The average Bonchev–Trinajstić information content (AvgIpc) is 3.10. The summed E-state index contributed by atoms with van der Waals surface area (Å²) in [5.74, 6) is 0.0394. The SMILES string of the molecule is CN1C2CCC1CC(NC(=O)c1c(-c3ccncc3)n(C)c3ccccc13)C2. The van der Waals surface area contributed by atoms with E-state index in [2.05, 4.69) is 32.9 Å². The molecule has 5 heteroatoms. The lowest BCUT2D eigenvalue weighted by Gasteiger charge is -2.36. The van der Waals surface area contributed by atoms with Crippen LogP contribution in [0.3, 0.4) is 0 Å². The number of amides is 1. The molecule has 3 aromatic rings. The Bertz CT molecular complexity index is 1010. The number of pyridine rings is 1. The van der Waals surface area contributed by atoms with Crippen molar-refractivity contribution in [2.24, 2.45) is 7.05 Å². The Balaban J connectivity index is 1.54. The minimum atomic E-state index is 0.0394. The van der Waals surface area contributed by atoms with Gasteiger partial charge in [-0.15, -0.1) is 0 Å². The maximum atomic E-state index is 13.5. The van der Waals surface area contributed by atoms with Gasteiger partial charge >= 0.3 is 0 Å². The van der Waals surface area contributed by atoms with Crippen molar-refractivity contribution in [3.8, 4) is 11.3 Å². The minimum absolute atomic E-state index is 0.0394.